The van der Waals surface area contributed by atoms with Crippen molar-refractivity contribution < 1.29 is 9.47 Å². The Bertz CT molecular complexity index is 465. The minimum absolute atomic E-state index is 0. The number of methoxy groups -OCH3 is 1. The summed E-state index contributed by atoms with van der Waals surface area (Å²) in [6.45, 7) is 7.61. The number of rotatable bonds is 7. The first kappa shape index (κ1) is 20.8. The Balaban J connectivity index is 0.00000441. The maximum Gasteiger partial charge on any atom is 0.191 e. The first-order chi connectivity index (χ1) is 10.1. The van der Waals surface area contributed by atoms with Gasteiger partial charge in [0.2, 0.25) is 0 Å². The minimum Gasteiger partial charge on any atom is -0.493 e. The van der Waals surface area contributed by atoms with Gasteiger partial charge in [-0.25, -0.2) is 0 Å². The number of halogens is 1. The Kier molecular flexibility index (Phi) is 10.8. The van der Waals surface area contributed by atoms with Crippen LogP contribution in [0, 0.1) is 0 Å². The monoisotopic (exact) mass is 421 g/mol. The van der Waals surface area contributed by atoms with Gasteiger partial charge in [-0.3, -0.25) is 4.99 Å². The first-order valence-electron chi connectivity index (χ1n) is 7.37. The van der Waals surface area contributed by atoms with E-state index in [0.717, 1.165) is 29.4 Å². The molecular formula is C16H28IN3O2. The Morgan fingerprint density at radius 1 is 1.27 bits per heavy atom. The fourth-order valence-electron chi connectivity index (χ4n) is 1.81. The van der Waals surface area contributed by atoms with Gasteiger partial charge in [0.1, 0.15) is 0 Å². The lowest BCUT2D eigenvalue weighted by Gasteiger charge is -2.15. The Morgan fingerprint density at radius 2 is 2.00 bits per heavy atom. The average Bonchev–Trinajstić information content (AvgIpc) is 2.49. The third-order valence-corrected chi connectivity index (χ3v) is 2.80. The highest BCUT2D eigenvalue weighted by Crippen LogP contribution is 2.28. The van der Waals surface area contributed by atoms with Crippen molar-refractivity contribution in [2.75, 3.05) is 20.8 Å². The minimum atomic E-state index is 0. The highest BCUT2D eigenvalue weighted by Gasteiger charge is 2.06. The normalized spacial score (nSPS) is 10.9. The van der Waals surface area contributed by atoms with E-state index in [1.165, 1.54) is 0 Å². The number of guanidine groups is 1. The van der Waals surface area contributed by atoms with Gasteiger partial charge in [0.25, 0.3) is 0 Å². The van der Waals surface area contributed by atoms with E-state index >= 15 is 0 Å². The molecule has 126 valence electrons. The van der Waals surface area contributed by atoms with Gasteiger partial charge >= 0.3 is 0 Å². The predicted molar refractivity (Wildman–Crippen MR) is 103 cm³/mol. The van der Waals surface area contributed by atoms with Crippen LogP contribution in [0.1, 0.15) is 32.8 Å². The molecule has 0 fully saturated rings. The third-order valence-electron chi connectivity index (χ3n) is 2.80. The van der Waals surface area contributed by atoms with Crippen LogP contribution in [-0.2, 0) is 6.54 Å². The van der Waals surface area contributed by atoms with E-state index in [-0.39, 0.29) is 24.0 Å². The van der Waals surface area contributed by atoms with Crippen molar-refractivity contribution in [3.63, 3.8) is 0 Å². The molecule has 0 amide bonds. The lowest BCUT2D eigenvalue weighted by atomic mass is 10.2. The molecular weight excluding hydrogens is 393 g/mol. The topological polar surface area (TPSA) is 54.9 Å². The molecule has 6 heteroatoms. The number of hydrogen-bond donors (Lipinski definition) is 2. The molecule has 0 heterocycles. The summed E-state index contributed by atoms with van der Waals surface area (Å²) in [5.41, 5.74) is 1.11. The van der Waals surface area contributed by atoms with Crippen LogP contribution in [0.15, 0.2) is 23.2 Å². The first-order valence-corrected chi connectivity index (χ1v) is 7.37. The maximum atomic E-state index is 5.65. The van der Waals surface area contributed by atoms with E-state index in [9.17, 15) is 0 Å². The molecule has 1 rings (SSSR count). The van der Waals surface area contributed by atoms with Gasteiger partial charge in [0, 0.05) is 19.6 Å². The largest absolute Gasteiger partial charge is 0.493 e. The summed E-state index contributed by atoms with van der Waals surface area (Å²) in [4.78, 5) is 4.18. The summed E-state index contributed by atoms with van der Waals surface area (Å²) in [7, 11) is 3.42. The van der Waals surface area contributed by atoms with E-state index in [0.29, 0.717) is 19.2 Å². The molecule has 1 aromatic rings. The van der Waals surface area contributed by atoms with Crippen molar-refractivity contribution in [2.45, 2.75) is 39.8 Å². The van der Waals surface area contributed by atoms with Crippen molar-refractivity contribution >= 4 is 29.9 Å². The Morgan fingerprint density at radius 3 is 2.55 bits per heavy atom. The van der Waals surface area contributed by atoms with Crippen LogP contribution < -0.4 is 20.1 Å². The van der Waals surface area contributed by atoms with E-state index in [1.807, 2.05) is 18.2 Å². The number of ether oxygens (including phenoxy) is 2. The van der Waals surface area contributed by atoms with Gasteiger partial charge in [0.05, 0.1) is 13.7 Å². The van der Waals surface area contributed by atoms with Gasteiger partial charge in [-0.05, 0) is 38.0 Å². The second-order valence-electron chi connectivity index (χ2n) is 5.06. The van der Waals surface area contributed by atoms with E-state index in [2.05, 4.69) is 36.4 Å². The Hall–Kier alpha value is -1.18. The average molecular weight is 421 g/mol. The molecule has 5 nitrogen and oxygen atoms in total. The SMILES string of the molecule is CCCOc1ccc(CNC(=NC)NC(C)C)cc1OC.I. The van der Waals surface area contributed by atoms with Gasteiger partial charge < -0.3 is 20.1 Å². The van der Waals surface area contributed by atoms with Gasteiger partial charge in [-0.1, -0.05) is 13.0 Å². The van der Waals surface area contributed by atoms with Crippen molar-refractivity contribution in [3.8, 4) is 11.5 Å². The van der Waals surface area contributed by atoms with E-state index in [1.54, 1.807) is 14.2 Å². The molecule has 0 spiro atoms. The van der Waals surface area contributed by atoms with Crippen LogP contribution in [0.2, 0.25) is 0 Å². The second-order valence-corrected chi connectivity index (χ2v) is 5.06. The van der Waals surface area contributed by atoms with Crippen LogP contribution >= 0.6 is 24.0 Å². The number of nitrogens with zero attached hydrogens (tertiary/aromatic N) is 1. The summed E-state index contributed by atoms with van der Waals surface area (Å²) < 4.78 is 11.0. The molecule has 0 aliphatic carbocycles. The summed E-state index contributed by atoms with van der Waals surface area (Å²) >= 11 is 0. The fourth-order valence-corrected chi connectivity index (χ4v) is 1.81. The molecule has 0 aliphatic heterocycles. The number of nitrogens with one attached hydrogen (secondary N) is 2. The van der Waals surface area contributed by atoms with Crippen molar-refractivity contribution in [3.05, 3.63) is 23.8 Å². The second kappa shape index (κ2) is 11.4. The fraction of sp³-hybridized carbons (Fsp3) is 0.562. The molecule has 0 saturated heterocycles. The molecule has 0 aromatic heterocycles. The molecule has 0 aliphatic rings. The quantitative estimate of drug-likeness (QED) is 0.404. The summed E-state index contributed by atoms with van der Waals surface area (Å²) in [6.07, 6.45) is 0.976. The smallest absolute Gasteiger partial charge is 0.191 e. The van der Waals surface area contributed by atoms with Crippen LogP contribution in [0.5, 0.6) is 11.5 Å². The maximum absolute atomic E-state index is 5.65. The zero-order valence-corrected chi connectivity index (χ0v) is 16.4. The zero-order chi connectivity index (χ0) is 15.7. The molecule has 1 aromatic carbocycles. The van der Waals surface area contributed by atoms with E-state index < -0.39 is 0 Å². The number of hydrogen-bond acceptors (Lipinski definition) is 3. The molecule has 0 saturated carbocycles. The molecule has 0 radical (unpaired) electrons. The molecule has 0 bridgehead atoms. The van der Waals surface area contributed by atoms with Crippen LogP contribution in [0.3, 0.4) is 0 Å². The number of aliphatic imine (C=N–C) groups is 1. The molecule has 22 heavy (non-hydrogen) atoms. The molecule has 2 N–H and O–H groups in total. The highest BCUT2D eigenvalue weighted by molar-refractivity contribution is 14.0. The third kappa shape index (κ3) is 7.20. The van der Waals surface area contributed by atoms with Crippen molar-refractivity contribution in [2.24, 2.45) is 4.99 Å². The van der Waals surface area contributed by atoms with Crippen molar-refractivity contribution in [1.82, 2.24) is 10.6 Å². The Labute approximate surface area is 150 Å². The summed E-state index contributed by atoms with van der Waals surface area (Å²) in [5.74, 6) is 2.33. The van der Waals surface area contributed by atoms with Gasteiger partial charge in [-0.2, -0.15) is 0 Å². The van der Waals surface area contributed by atoms with Gasteiger partial charge in [-0.15, -0.1) is 24.0 Å². The lowest BCUT2D eigenvalue weighted by molar-refractivity contribution is 0.294. The predicted octanol–water partition coefficient (Wildman–Crippen LogP) is 3.18. The summed E-state index contributed by atoms with van der Waals surface area (Å²) in [6, 6.07) is 6.31. The molecule has 0 atom stereocenters. The number of benzene rings is 1. The molecule has 0 unspecified atom stereocenters. The van der Waals surface area contributed by atoms with Crippen molar-refractivity contribution in [1.29, 1.82) is 0 Å². The highest BCUT2D eigenvalue weighted by atomic mass is 127. The van der Waals surface area contributed by atoms with E-state index in [4.69, 9.17) is 9.47 Å². The zero-order valence-electron chi connectivity index (χ0n) is 14.1. The van der Waals surface area contributed by atoms with Crippen LogP contribution in [-0.4, -0.2) is 32.8 Å². The van der Waals surface area contributed by atoms with Gasteiger partial charge in [0.15, 0.2) is 17.5 Å². The lowest BCUT2D eigenvalue weighted by Crippen LogP contribution is -2.40. The van der Waals surface area contributed by atoms with Crippen LogP contribution in [0.25, 0.3) is 0 Å². The standard InChI is InChI=1S/C16H27N3O2.HI/c1-6-9-21-14-8-7-13(10-15(14)20-5)11-18-16(17-4)19-12(2)3;/h7-8,10,12H,6,9,11H2,1-5H3,(H2,17,18,19);1H. The van der Waals surface area contributed by atoms with Crippen LogP contribution in [0.4, 0.5) is 0 Å². The summed E-state index contributed by atoms with van der Waals surface area (Å²) in [5, 5.41) is 6.52.